The molecule has 0 spiro atoms. The average Bonchev–Trinajstić information content (AvgIpc) is 2.77. The molecule has 0 radical (unpaired) electrons. The number of rotatable bonds is 6. The first-order chi connectivity index (χ1) is 14.0. The number of carbonyl (C=O) groups excluding carboxylic acids is 2. The van der Waals surface area contributed by atoms with E-state index < -0.39 is 10.9 Å². The van der Waals surface area contributed by atoms with Crippen LogP contribution in [-0.2, 0) is 14.3 Å². The number of hydrogen-bond donors (Lipinski definition) is 0. The molecule has 2 saturated heterocycles. The summed E-state index contributed by atoms with van der Waals surface area (Å²) in [6, 6.07) is 4.46. The van der Waals surface area contributed by atoms with Gasteiger partial charge in [-0.25, -0.2) is 4.79 Å². The Balaban J connectivity index is 1.66. The molecule has 158 valence electrons. The van der Waals surface area contributed by atoms with E-state index in [4.69, 9.17) is 9.47 Å². The van der Waals surface area contributed by atoms with Crippen LogP contribution in [0.3, 0.4) is 0 Å². The largest absolute Gasteiger partial charge is 0.452 e. The number of hydrogen-bond acceptors (Lipinski definition) is 7. The van der Waals surface area contributed by atoms with Gasteiger partial charge in [0.05, 0.1) is 23.7 Å². The lowest BCUT2D eigenvalue weighted by atomic mass is 10.00. The zero-order valence-corrected chi connectivity index (χ0v) is 16.7. The van der Waals surface area contributed by atoms with E-state index in [1.165, 1.54) is 12.1 Å². The van der Waals surface area contributed by atoms with E-state index in [9.17, 15) is 19.7 Å². The predicted molar refractivity (Wildman–Crippen MR) is 106 cm³/mol. The summed E-state index contributed by atoms with van der Waals surface area (Å²) in [5.74, 6) is -0.954. The summed E-state index contributed by atoms with van der Waals surface area (Å²) < 4.78 is 10.5. The lowest BCUT2D eigenvalue weighted by molar-refractivity contribution is -0.384. The van der Waals surface area contributed by atoms with Crippen molar-refractivity contribution in [2.75, 3.05) is 44.4 Å². The van der Waals surface area contributed by atoms with Crippen molar-refractivity contribution >= 4 is 23.3 Å². The van der Waals surface area contributed by atoms with Crippen LogP contribution in [0.15, 0.2) is 18.2 Å². The number of benzene rings is 1. The van der Waals surface area contributed by atoms with E-state index in [1.807, 2.05) is 11.8 Å². The third-order valence-corrected chi connectivity index (χ3v) is 5.51. The summed E-state index contributed by atoms with van der Waals surface area (Å²) in [5, 5.41) is 11.5. The second-order valence-electron chi connectivity index (χ2n) is 7.28. The van der Waals surface area contributed by atoms with E-state index in [1.54, 1.807) is 11.0 Å². The quantitative estimate of drug-likeness (QED) is 0.407. The second-order valence-corrected chi connectivity index (χ2v) is 7.28. The first kappa shape index (κ1) is 21.0. The number of likely N-dealkylation sites (tertiary alicyclic amines) is 1. The first-order valence-corrected chi connectivity index (χ1v) is 10.1. The van der Waals surface area contributed by atoms with E-state index in [0.29, 0.717) is 38.5 Å². The van der Waals surface area contributed by atoms with Gasteiger partial charge in [-0.05, 0) is 37.8 Å². The lowest BCUT2D eigenvalue weighted by Crippen LogP contribution is -2.45. The molecule has 1 amide bonds. The van der Waals surface area contributed by atoms with Crippen LogP contribution in [0.1, 0.15) is 43.0 Å². The van der Waals surface area contributed by atoms with Gasteiger partial charge < -0.3 is 19.3 Å². The van der Waals surface area contributed by atoms with Gasteiger partial charge in [0.25, 0.3) is 11.6 Å². The van der Waals surface area contributed by atoms with Crippen LogP contribution >= 0.6 is 0 Å². The Hall–Kier alpha value is -2.68. The number of nitro groups is 1. The maximum absolute atomic E-state index is 12.5. The molecule has 9 nitrogen and oxygen atoms in total. The summed E-state index contributed by atoms with van der Waals surface area (Å²) in [6.07, 6.45) is 3.88. The summed E-state index contributed by atoms with van der Waals surface area (Å²) in [5.41, 5.74) is 0.354. The second kappa shape index (κ2) is 9.69. The van der Waals surface area contributed by atoms with Gasteiger partial charge in [-0.2, -0.15) is 0 Å². The minimum Gasteiger partial charge on any atom is -0.452 e. The number of amides is 1. The fraction of sp³-hybridized carbons (Fsp3) is 0.600. The summed E-state index contributed by atoms with van der Waals surface area (Å²) in [6.45, 7) is 4.46. The molecule has 2 fully saturated rings. The highest BCUT2D eigenvalue weighted by Crippen LogP contribution is 2.30. The summed E-state index contributed by atoms with van der Waals surface area (Å²) in [4.78, 5) is 39.5. The van der Waals surface area contributed by atoms with Crippen LogP contribution in [0.5, 0.6) is 0 Å². The van der Waals surface area contributed by atoms with Crippen molar-refractivity contribution in [1.82, 2.24) is 4.90 Å². The number of ether oxygens (including phenoxy) is 2. The van der Waals surface area contributed by atoms with Gasteiger partial charge in [0.1, 0.15) is 5.69 Å². The molecule has 0 N–H and O–H groups in total. The highest BCUT2D eigenvalue weighted by molar-refractivity contribution is 5.93. The van der Waals surface area contributed by atoms with Crippen LogP contribution in [0.2, 0.25) is 0 Å². The van der Waals surface area contributed by atoms with E-state index >= 15 is 0 Å². The summed E-state index contributed by atoms with van der Waals surface area (Å²) >= 11 is 0. The zero-order valence-electron chi connectivity index (χ0n) is 16.7. The molecule has 0 saturated carbocycles. The van der Waals surface area contributed by atoms with Gasteiger partial charge in [0.2, 0.25) is 0 Å². The third kappa shape index (κ3) is 5.03. The van der Waals surface area contributed by atoms with E-state index in [2.05, 4.69) is 0 Å². The fourth-order valence-electron chi connectivity index (χ4n) is 3.92. The average molecular weight is 405 g/mol. The normalized spacial score (nSPS) is 19.7. The minimum absolute atomic E-state index is 0.0622. The molecule has 1 aromatic rings. The van der Waals surface area contributed by atoms with Gasteiger partial charge in [0.15, 0.2) is 6.61 Å². The van der Waals surface area contributed by atoms with Crippen molar-refractivity contribution in [3.8, 4) is 0 Å². The zero-order chi connectivity index (χ0) is 20.8. The molecule has 29 heavy (non-hydrogen) atoms. The van der Waals surface area contributed by atoms with Gasteiger partial charge in [-0.1, -0.05) is 6.92 Å². The molecule has 0 bridgehead atoms. The smallest absolute Gasteiger partial charge is 0.338 e. The Labute approximate surface area is 169 Å². The molecule has 0 aliphatic carbocycles. The van der Waals surface area contributed by atoms with Crippen LogP contribution in [0.25, 0.3) is 0 Å². The minimum atomic E-state index is -0.736. The Kier molecular flexibility index (Phi) is 7.03. The third-order valence-electron chi connectivity index (χ3n) is 5.51. The van der Waals surface area contributed by atoms with Crippen molar-refractivity contribution < 1.29 is 24.0 Å². The number of morpholine rings is 1. The van der Waals surface area contributed by atoms with Gasteiger partial charge >= 0.3 is 5.97 Å². The molecule has 9 heteroatoms. The Bertz CT molecular complexity index is 763. The molecule has 2 aliphatic rings. The van der Waals surface area contributed by atoms with E-state index in [0.717, 1.165) is 25.7 Å². The number of nitrogens with zero attached hydrogens (tertiary/aromatic N) is 3. The standard InChI is InChI=1S/C20H27N3O6/c1-2-16-5-3-4-8-22(16)19(24)14-29-20(25)15-6-7-17(18(13-15)23(26)27)21-9-11-28-12-10-21/h6-7,13,16H,2-5,8-12,14H2,1H3/t16-/m0/s1. The SMILES string of the molecule is CC[C@H]1CCCCN1C(=O)COC(=O)c1ccc(N2CCOCC2)c([N+](=O)[O-])c1. The number of esters is 1. The highest BCUT2D eigenvalue weighted by atomic mass is 16.6. The van der Waals surface area contributed by atoms with Gasteiger partial charge in [-0.15, -0.1) is 0 Å². The molecular weight excluding hydrogens is 378 g/mol. The molecule has 0 aromatic heterocycles. The molecule has 1 aromatic carbocycles. The molecule has 0 unspecified atom stereocenters. The molecule has 3 rings (SSSR count). The van der Waals surface area contributed by atoms with Crippen molar-refractivity contribution in [3.63, 3.8) is 0 Å². The highest BCUT2D eigenvalue weighted by Gasteiger charge is 2.27. The monoisotopic (exact) mass is 405 g/mol. The number of nitro benzene ring substituents is 1. The molecular formula is C20H27N3O6. The number of carbonyl (C=O) groups is 2. The molecule has 2 aliphatic heterocycles. The number of anilines is 1. The van der Waals surface area contributed by atoms with Crippen molar-refractivity contribution in [1.29, 1.82) is 0 Å². The van der Waals surface area contributed by atoms with Crippen LogP contribution < -0.4 is 4.90 Å². The Morgan fingerprint density at radius 1 is 1.24 bits per heavy atom. The Morgan fingerprint density at radius 2 is 2.00 bits per heavy atom. The Morgan fingerprint density at radius 3 is 2.69 bits per heavy atom. The lowest BCUT2D eigenvalue weighted by Gasteiger charge is -2.35. The van der Waals surface area contributed by atoms with Gasteiger partial charge in [-0.3, -0.25) is 14.9 Å². The first-order valence-electron chi connectivity index (χ1n) is 10.1. The van der Waals surface area contributed by atoms with Crippen LogP contribution in [0.4, 0.5) is 11.4 Å². The van der Waals surface area contributed by atoms with Crippen molar-refractivity contribution in [2.45, 2.75) is 38.6 Å². The number of piperidine rings is 1. The van der Waals surface area contributed by atoms with Gasteiger partial charge in [0, 0.05) is 31.7 Å². The van der Waals surface area contributed by atoms with Crippen molar-refractivity contribution in [3.05, 3.63) is 33.9 Å². The maximum Gasteiger partial charge on any atom is 0.338 e. The fourth-order valence-corrected chi connectivity index (χ4v) is 3.92. The van der Waals surface area contributed by atoms with Crippen LogP contribution in [0, 0.1) is 10.1 Å². The van der Waals surface area contributed by atoms with Crippen LogP contribution in [-0.4, -0.2) is 67.2 Å². The topological polar surface area (TPSA) is 102 Å². The molecule has 2 heterocycles. The van der Waals surface area contributed by atoms with E-state index in [-0.39, 0.29) is 29.8 Å². The van der Waals surface area contributed by atoms with Crippen molar-refractivity contribution in [2.24, 2.45) is 0 Å². The molecule has 1 atom stereocenters. The maximum atomic E-state index is 12.5. The summed E-state index contributed by atoms with van der Waals surface area (Å²) in [7, 11) is 0. The predicted octanol–water partition coefficient (Wildman–Crippen LogP) is 2.38.